The summed E-state index contributed by atoms with van der Waals surface area (Å²) in [4.78, 5) is 8.93. The molecule has 0 aromatic carbocycles. The second-order valence-corrected chi connectivity index (χ2v) is 6.50. The minimum atomic E-state index is 0. The smallest absolute Gasteiger partial charge is 0.213 e. The van der Waals surface area contributed by atoms with E-state index in [4.69, 9.17) is 4.74 Å². The maximum absolute atomic E-state index is 5.74. The molecule has 148 valence electrons. The van der Waals surface area contributed by atoms with Crippen LogP contribution < -0.4 is 15.4 Å². The predicted octanol–water partition coefficient (Wildman–Crippen LogP) is 2.83. The lowest BCUT2D eigenvalue weighted by atomic mass is 10.3. The summed E-state index contributed by atoms with van der Waals surface area (Å²) in [6.07, 6.45) is 9.12. The fourth-order valence-corrected chi connectivity index (χ4v) is 2.51. The number of rotatable bonds is 10. The highest BCUT2D eigenvalue weighted by atomic mass is 127. The van der Waals surface area contributed by atoms with Crippen molar-refractivity contribution in [3.8, 4) is 5.88 Å². The number of aromatic nitrogens is 3. The van der Waals surface area contributed by atoms with Crippen molar-refractivity contribution < 1.29 is 4.74 Å². The number of nitrogens with zero attached hydrogens (tertiary/aromatic N) is 4. The van der Waals surface area contributed by atoms with Gasteiger partial charge in [-0.3, -0.25) is 4.68 Å². The molecule has 0 atom stereocenters. The van der Waals surface area contributed by atoms with Crippen LogP contribution in [0.25, 0.3) is 0 Å². The number of nitrogens with one attached hydrogen (secondary N) is 2. The van der Waals surface area contributed by atoms with Crippen LogP contribution in [0.15, 0.2) is 41.8 Å². The number of hydrogen-bond donors (Lipinski definition) is 2. The van der Waals surface area contributed by atoms with Crippen LogP contribution in [0.3, 0.4) is 0 Å². The van der Waals surface area contributed by atoms with E-state index in [1.165, 1.54) is 12.8 Å². The van der Waals surface area contributed by atoms with Gasteiger partial charge in [0.2, 0.25) is 5.88 Å². The molecule has 2 heterocycles. The summed E-state index contributed by atoms with van der Waals surface area (Å²) >= 11 is 0. The van der Waals surface area contributed by atoms with Gasteiger partial charge < -0.3 is 15.4 Å². The van der Waals surface area contributed by atoms with Gasteiger partial charge in [-0.1, -0.05) is 0 Å². The third kappa shape index (κ3) is 8.15. The van der Waals surface area contributed by atoms with Gasteiger partial charge in [0.1, 0.15) is 0 Å². The first-order chi connectivity index (χ1) is 12.8. The highest BCUT2D eigenvalue weighted by molar-refractivity contribution is 14.0. The van der Waals surface area contributed by atoms with Crippen LogP contribution in [0.1, 0.15) is 31.7 Å². The maximum atomic E-state index is 5.74. The predicted molar refractivity (Wildman–Crippen MR) is 118 cm³/mol. The van der Waals surface area contributed by atoms with Gasteiger partial charge in [-0.05, 0) is 49.8 Å². The number of ether oxygens (including phenoxy) is 1. The standard InChI is InChI=1S/C19H28N6O.HI/c1-2-20-19(22-8-3-11-25-12-4-9-24-25)23-14-17-7-10-21-18(13-17)26-15-16-5-6-16;/h4,7,9-10,12-13,16H,2-3,5-6,8,11,14-15H2,1H3,(H2,20,22,23);1H. The molecule has 0 unspecified atom stereocenters. The van der Waals surface area contributed by atoms with Crippen molar-refractivity contribution in [1.82, 2.24) is 25.4 Å². The summed E-state index contributed by atoms with van der Waals surface area (Å²) in [5.74, 6) is 2.25. The number of aryl methyl sites for hydroxylation is 1. The zero-order chi connectivity index (χ0) is 18.0. The van der Waals surface area contributed by atoms with E-state index in [1.807, 2.05) is 29.1 Å². The molecule has 7 nitrogen and oxygen atoms in total. The Labute approximate surface area is 178 Å². The molecule has 1 aliphatic carbocycles. The van der Waals surface area contributed by atoms with Crippen LogP contribution in [0.5, 0.6) is 5.88 Å². The van der Waals surface area contributed by atoms with Gasteiger partial charge in [-0.15, -0.1) is 24.0 Å². The summed E-state index contributed by atoms with van der Waals surface area (Å²) in [5, 5.41) is 10.9. The minimum absolute atomic E-state index is 0. The fraction of sp³-hybridized carbons (Fsp3) is 0.526. The molecule has 2 aromatic rings. The molecule has 1 aliphatic rings. The Balaban J connectivity index is 0.00000261. The average molecular weight is 484 g/mol. The minimum Gasteiger partial charge on any atom is -0.477 e. The highest BCUT2D eigenvalue weighted by Gasteiger charge is 2.22. The first-order valence-corrected chi connectivity index (χ1v) is 9.41. The van der Waals surface area contributed by atoms with Crippen molar-refractivity contribution in [3.63, 3.8) is 0 Å². The van der Waals surface area contributed by atoms with Crippen molar-refractivity contribution in [2.45, 2.75) is 39.3 Å². The van der Waals surface area contributed by atoms with Gasteiger partial charge in [0.25, 0.3) is 0 Å². The normalized spacial score (nSPS) is 13.7. The topological polar surface area (TPSA) is 76.4 Å². The van der Waals surface area contributed by atoms with Crippen molar-refractivity contribution in [2.24, 2.45) is 10.9 Å². The van der Waals surface area contributed by atoms with E-state index in [0.29, 0.717) is 12.4 Å². The molecular weight excluding hydrogens is 455 g/mol. The first kappa shape index (κ1) is 21.5. The average Bonchev–Trinajstić information content (AvgIpc) is 3.35. The van der Waals surface area contributed by atoms with E-state index >= 15 is 0 Å². The Bertz CT molecular complexity index is 687. The number of hydrogen-bond acceptors (Lipinski definition) is 4. The van der Waals surface area contributed by atoms with E-state index in [1.54, 1.807) is 12.4 Å². The van der Waals surface area contributed by atoms with Crippen molar-refractivity contribution in [1.29, 1.82) is 0 Å². The molecule has 2 aromatic heterocycles. The van der Waals surface area contributed by atoms with E-state index < -0.39 is 0 Å². The zero-order valence-electron chi connectivity index (χ0n) is 15.8. The molecule has 3 rings (SSSR count). The quantitative estimate of drug-likeness (QED) is 0.235. The Morgan fingerprint density at radius 2 is 2.22 bits per heavy atom. The van der Waals surface area contributed by atoms with Gasteiger partial charge in [0.15, 0.2) is 5.96 Å². The van der Waals surface area contributed by atoms with Crippen LogP contribution in [-0.2, 0) is 13.1 Å². The summed E-state index contributed by atoms with van der Waals surface area (Å²) in [6, 6.07) is 5.90. The molecule has 27 heavy (non-hydrogen) atoms. The molecule has 0 aliphatic heterocycles. The van der Waals surface area contributed by atoms with E-state index in [2.05, 4.69) is 32.6 Å². The molecule has 0 saturated heterocycles. The third-order valence-corrected chi connectivity index (χ3v) is 4.14. The lowest BCUT2D eigenvalue weighted by Gasteiger charge is -2.11. The van der Waals surface area contributed by atoms with Gasteiger partial charge in [-0.25, -0.2) is 9.98 Å². The van der Waals surface area contributed by atoms with Crippen molar-refractivity contribution >= 4 is 29.9 Å². The molecule has 2 N–H and O–H groups in total. The van der Waals surface area contributed by atoms with Crippen LogP contribution in [0, 0.1) is 5.92 Å². The highest BCUT2D eigenvalue weighted by Crippen LogP contribution is 2.29. The second kappa shape index (κ2) is 11.8. The number of halogens is 1. The van der Waals surface area contributed by atoms with Crippen LogP contribution in [0.2, 0.25) is 0 Å². The van der Waals surface area contributed by atoms with E-state index in [-0.39, 0.29) is 24.0 Å². The molecule has 0 amide bonds. The van der Waals surface area contributed by atoms with Crippen molar-refractivity contribution in [3.05, 3.63) is 42.4 Å². The van der Waals surface area contributed by atoms with Crippen LogP contribution in [-0.4, -0.2) is 40.4 Å². The Kier molecular flexibility index (Phi) is 9.37. The third-order valence-electron chi connectivity index (χ3n) is 4.14. The largest absolute Gasteiger partial charge is 0.477 e. The van der Waals surface area contributed by atoms with Crippen LogP contribution >= 0.6 is 24.0 Å². The molecule has 0 spiro atoms. The number of aliphatic imine (C=N–C) groups is 1. The Morgan fingerprint density at radius 1 is 1.33 bits per heavy atom. The van der Waals surface area contributed by atoms with Gasteiger partial charge >= 0.3 is 0 Å². The van der Waals surface area contributed by atoms with E-state index in [0.717, 1.165) is 50.1 Å². The summed E-state index contributed by atoms with van der Waals surface area (Å²) in [5.41, 5.74) is 1.10. The van der Waals surface area contributed by atoms with Gasteiger partial charge in [0, 0.05) is 44.3 Å². The maximum Gasteiger partial charge on any atom is 0.213 e. The molecular formula is C19H29IN6O. The molecule has 0 bridgehead atoms. The Hall–Kier alpha value is -1.84. The lowest BCUT2D eigenvalue weighted by Crippen LogP contribution is -2.38. The SMILES string of the molecule is CCNC(=NCc1ccnc(OCC2CC2)c1)NCCCn1cccn1.I. The summed E-state index contributed by atoms with van der Waals surface area (Å²) in [7, 11) is 0. The number of guanidine groups is 1. The monoisotopic (exact) mass is 484 g/mol. The molecule has 0 radical (unpaired) electrons. The fourth-order valence-electron chi connectivity index (χ4n) is 2.51. The summed E-state index contributed by atoms with van der Waals surface area (Å²) < 4.78 is 7.68. The summed E-state index contributed by atoms with van der Waals surface area (Å²) in [6.45, 7) is 6.01. The molecule has 8 heteroatoms. The number of pyridine rings is 1. The Morgan fingerprint density at radius 3 is 2.96 bits per heavy atom. The molecule has 1 saturated carbocycles. The van der Waals surface area contributed by atoms with Crippen molar-refractivity contribution in [2.75, 3.05) is 19.7 Å². The van der Waals surface area contributed by atoms with Crippen LogP contribution in [0.4, 0.5) is 0 Å². The van der Waals surface area contributed by atoms with E-state index in [9.17, 15) is 0 Å². The van der Waals surface area contributed by atoms with Gasteiger partial charge in [-0.2, -0.15) is 5.10 Å². The first-order valence-electron chi connectivity index (χ1n) is 9.41. The zero-order valence-corrected chi connectivity index (χ0v) is 18.1. The lowest BCUT2D eigenvalue weighted by molar-refractivity contribution is 0.288. The van der Waals surface area contributed by atoms with Gasteiger partial charge in [0.05, 0.1) is 13.2 Å². The second-order valence-electron chi connectivity index (χ2n) is 6.50. The molecule has 1 fully saturated rings.